The van der Waals surface area contributed by atoms with Gasteiger partial charge in [0.05, 0.1) is 0 Å². The van der Waals surface area contributed by atoms with Gasteiger partial charge in [0.25, 0.3) is 0 Å². The molecular weight excluding hydrogens is 200 g/mol. The van der Waals surface area contributed by atoms with E-state index in [1.807, 2.05) is 37.3 Å². The van der Waals surface area contributed by atoms with Crippen LogP contribution < -0.4 is 0 Å². The highest BCUT2D eigenvalue weighted by Crippen LogP contribution is 2.10. The fourth-order valence-electron chi connectivity index (χ4n) is 1.21. The van der Waals surface area contributed by atoms with Gasteiger partial charge >= 0.3 is 0 Å². The standard InChI is InChI=1S/C14H16O2/c1-3-8-13(15)14(4-2)16-11-12-9-6-5-7-10-12/h3-10,15H,2,11H2,1H3/b8-3-,14-13-. The summed E-state index contributed by atoms with van der Waals surface area (Å²) >= 11 is 0. The molecule has 0 saturated carbocycles. The minimum absolute atomic E-state index is 0.0911. The van der Waals surface area contributed by atoms with E-state index in [2.05, 4.69) is 6.58 Å². The van der Waals surface area contributed by atoms with Crippen LogP contribution in [0.1, 0.15) is 12.5 Å². The normalized spacial score (nSPS) is 12.3. The molecule has 1 N–H and O–H groups in total. The van der Waals surface area contributed by atoms with E-state index in [9.17, 15) is 5.11 Å². The third kappa shape index (κ3) is 3.65. The molecule has 0 saturated heterocycles. The van der Waals surface area contributed by atoms with Gasteiger partial charge in [0.1, 0.15) is 6.61 Å². The highest BCUT2D eigenvalue weighted by molar-refractivity contribution is 5.22. The molecule has 0 radical (unpaired) electrons. The first-order valence-corrected chi connectivity index (χ1v) is 5.13. The summed E-state index contributed by atoms with van der Waals surface area (Å²) in [6, 6.07) is 9.77. The summed E-state index contributed by atoms with van der Waals surface area (Å²) in [4.78, 5) is 0. The van der Waals surface area contributed by atoms with E-state index in [4.69, 9.17) is 4.74 Å². The quantitative estimate of drug-likeness (QED) is 0.600. The van der Waals surface area contributed by atoms with Crippen molar-refractivity contribution in [2.24, 2.45) is 0 Å². The largest absolute Gasteiger partial charge is 0.504 e. The molecule has 0 spiro atoms. The highest BCUT2D eigenvalue weighted by atomic mass is 16.5. The molecule has 0 aromatic heterocycles. The Hall–Kier alpha value is -1.96. The van der Waals surface area contributed by atoms with Crippen LogP contribution in [0.2, 0.25) is 0 Å². The van der Waals surface area contributed by atoms with Gasteiger partial charge < -0.3 is 9.84 Å². The zero-order valence-corrected chi connectivity index (χ0v) is 9.39. The van der Waals surface area contributed by atoms with E-state index in [0.717, 1.165) is 5.56 Å². The van der Waals surface area contributed by atoms with Gasteiger partial charge in [0.2, 0.25) is 0 Å². The lowest BCUT2D eigenvalue weighted by Crippen LogP contribution is -1.94. The maximum absolute atomic E-state index is 9.58. The predicted molar refractivity (Wildman–Crippen MR) is 65.9 cm³/mol. The molecule has 1 aromatic rings. The van der Waals surface area contributed by atoms with Crippen molar-refractivity contribution in [3.8, 4) is 0 Å². The maximum atomic E-state index is 9.58. The molecule has 1 rings (SSSR count). The van der Waals surface area contributed by atoms with Crippen molar-refractivity contribution in [3.63, 3.8) is 0 Å². The second kappa shape index (κ2) is 6.51. The van der Waals surface area contributed by atoms with E-state index in [1.54, 1.807) is 12.2 Å². The minimum atomic E-state index is 0.0911. The number of ether oxygens (including phenoxy) is 1. The maximum Gasteiger partial charge on any atom is 0.160 e. The molecule has 0 bridgehead atoms. The number of aliphatic hydroxyl groups excluding tert-OH is 1. The minimum Gasteiger partial charge on any atom is -0.504 e. The van der Waals surface area contributed by atoms with Gasteiger partial charge in [-0.05, 0) is 24.6 Å². The Morgan fingerprint density at radius 3 is 2.62 bits per heavy atom. The lowest BCUT2D eigenvalue weighted by atomic mass is 10.2. The molecule has 0 aliphatic carbocycles. The molecule has 0 atom stereocenters. The van der Waals surface area contributed by atoms with Gasteiger partial charge in [-0.25, -0.2) is 0 Å². The van der Waals surface area contributed by atoms with Crippen molar-refractivity contribution in [1.82, 2.24) is 0 Å². The molecule has 0 unspecified atom stereocenters. The van der Waals surface area contributed by atoms with Crippen molar-refractivity contribution < 1.29 is 9.84 Å². The number of hydrogen-bond donors (Lipinski definition) is 1. The smallest absolute Gasteiger partial charge is 0.160 e. The number of rotatable bonds is 5. The second-order valence-corrected chi connectivity index (χ2v) is 3.23. The summed E-state index contributed by atoms with van der Waals surface area (Å²) in [6.45, 7) is 5.85. The summed E-state index contributed by atoms with van der Waals surface area (Å²) < 4.78 is 5.45. The average Bonchev–Trinajstić information content (AvgIpc) is 2.31. The monoisotopic (exact) mass is 216 g/mol. The molecule has 0 fully saturated rings. The van der Waals surface area contributed by atoms with Crippen LogP contribution in [0.25, 0.3) is 0 Å². The van der Waals surface area contributed by atoms with Crippen LogP contribution >= 0.6 is 0 Å². The fraction of sp³-hybridized carbons (Fsp3) is 0.143. The second-order valence-electron chi connectivity index (χ2n) is 3.23. The molecule has 16 heavy (non-hydrogen) atoms. The van der Waals surface area contributed by atoms with Gasteiger partial charge in [0.15, 0.2) is 11.5 Å². The van der Waals surface area contributed by atoms with E-state index in [0.29, 0.717) is 12.4 Å². The van der Waals surface area contributed by atoms with Crippen LogP contribution in [0.5, 0.6) is 0 Å². The number of benzene rings is 1. The first kappa shape index (κ1) is 12.1. The van der Waals surface area contributed by atoms with Crippen molar-refractivity contribution in [1.29, 1.82) is 0 Å². The Kier molecular flexibility index (Phi) is 4.93. The summed E-state index contributed by atoms with van der Waals surface area (Å²) in [6.07, 6.45) is 4.81. The molecular formula is C14H16O2. The fourth-order valence-corrected chi connectivity index (χ4v) is 1.21. The van der Waals surface area contributed by atoms with Crippen molar-refractivity contribution >= 4 is 0 Å². The van der Waals surface area contributed by atoms with Crippen LogP contribution in [0, 0.1) is 0 Å². The van der Waals surface area contributed by atoms with Crippen LogP contribution in [0.4, 0.5) is 0 Å². The zero-order valence-electron chi connectivity index (χ0n) is 9.39. The molecule has 1 aromatic carbocycles. The average molecular weight is 216 g/mol. The lowest BCUT2D eigenvalue weighted by molar-refractivity contribution is 0.194. The Morgan fingerprint density at radius 1 is 1.38 bits per heavy atom. The van der Waals surface area contributed by atoms with E-state index in [1.165, 1.54) is 6.08 Å². The van der Waals surface area contributed by atoms with Crippen LogP contribution in [0.15, 0.2) is 66.7 Å². The molecule has 84 valence electrons. The van der Waals surface area contributed by atoms with Gasteiger partial charge in [-0.15, -0.1) is 0 Å². The number of allylic oxidation sites excluding steroid dienone is 3. The van der Waals surface area contributed by atoms with Crippen molar-refractivity contribution in [2.45, 2.75) is 13.5 Å². The van der Waals surface area contributed by atoms with Gasteiger partial charge in [-0.3, -0.25) is 0 Å². The number of aliphatic hydroxyl groups is 1. The van der Waals surface area contributed by atoms with Gasteiger partial charge in [-0.2, -0.15) is 0 Å². The number of hydrogen-bond acceptors (Lipinski definition) is 2. The summed E-state index contributed by atoms with van der Waals surface area (Å²) in [5.41, 5.74) is 1.05. The Labute approximate surface area is 96.2 Å². The van der Waals surface area contributed by atoms with Crippen LogP contribution in [0.3, 0.4) is 0 Å². The molecule has 0 amide bonds. The molecule has 2 nitrogen and oxygen atoms in total. The van der Waals surface area contributed by atoms with Crippen molar-refractivity contribution in [3.05, 3.63) is 72.2 Å². The predicted octanol–water partition coefficient (Wildman–Crippen LogP) is 3.73. The lowest BCUT2D eigenvalue weighted by Gasteiger charge is -2.07. The Balaban J connectivity index is 2.66. The van der Waals surface area contributed by atoms with Crippen molar-refractivity contribution in [2.75, 3.05) is 0 Å². The van der Waals surface area contributed by atoms with Crippen LogP contribution in [-0.4, -0.2) is 5.11 Å². The van der Waals surface area contributed by atoms with Crippen LogP contribution in [-0.2, 0) is 11.3 Å². The SMILES string of the molecule is C=C/C(OCc1ccccc1)=C(O)\C=C/C. The third-order valence-corrected chi connectivity index (χ3v) is 2.00. The summed E-state index contributed by atoms with van der Waals surface area (Å²) in [5.74, 6) is 0.482. The first-order valence-electron chi connectivity index (χ1n) is 5.13. The molecule has 2 heteroatoms. The van der Waals surface area contributed by atoms with Gasteiger partial charge in [0, 0.05) is 0 Å². The molecule has 0 heterocycles. The molecule has 0 aliphatic heterocycles. The molecule has 0 aliphatic rings. The Bertz CT molecular complexity index is 388. The topological polar surface area (TPSA) is 29.5 Å². The third-order valence-electron chi connectivity index (χ3n) is 2.00. The highest BCUT2D eigenvalue weighted by Gasteiger charge is 2.00. The summed E-state index contributed by atoms with van der Waals surface area (Å²) in [7, 11) is 0. The Morgan fingerprint density at radius 2 is 2.06 bits per heavy atom. The van der Waals surface area contributed by atoms with E-state index >= 15 is 0 Å². The van der Waals surface area contributed by atoms with E-state index < -0.39 is 0 Å². The first-order chi connectivity index (χ1) is 7.77. The zero-order chi connectivity index (χ0) is 11.8. The van der Waals surface area contributed by atoms with Gasteiger partial charge in [-0.1, -0.05) is 43.0 Å². The van der Waals surface area contributed by atoms with E-state index in [-0.39, 0.29) is 5.76 Å². The summed E-state index contributed by atoms with van der Waals surface area (Å²) in [5, 5.41) is 9.58.